The highest BCUT2D eigenvalue weighted by Crippen LogP contribution is 2.26. The Bertz CT molecular complexity index is 1070. The highest BCUT2D eigenvalue weighted by Gasteiger charge is 2.29. The Kier molecular flexibility index (Phi) is 5.33. The van der Waals surface area contributed by atoms with E-state index >= 15 is 0 Å². The van der Waals surface area contributed by atoms with Crippen LogP contribution in [0.4, 0.5) is 5.82 Å². The quantitative estimate of drug-likeness (QED) is 0.690. The van der Waals surface area contributed by atoms with Crippen LogP contribution in [0, 0.1) is 5.92 Å². The third kappa shape index (κ3) is 4.08. The summed E-state index contributed by atoms with van der Waals surface area (Å²) in [5.74, 6) is 0.988. The topological polar surface area (TPSA) is 75.4 Å². The van der Waals surface area contributed by atoms with E-state index in [0.717, 1.165) is 16.5 Å². The van der Waals surface area contributed by atoms with E-state index in [1.807, 2.05) is 68.1 Å². The predicted molar refractivity (Wildman–Crippen MR) is 116 cm³/mol. The monoisotopic (exact) mass is 405 g/mol. The molecule has 1 aliphatic rings. The lowest BCUT2D eigenvalue weighted by molar-refractivity contribution is -0.121. The van der Waals surface area contributed by atoms with E-state index in [1.54, 1.807) is 6.07 Å². The van der Waals surface area contributed by atoms with E-state index in [0.29, 0.717) is 37.3 Å². The van der Waals surface area contributed by atoms with Crippen molar-refractivity contribution in [2.45, 2.75) is 39.0 Å². The zero-order valence-corrected chi connectivity index (χ0v) is 17.6. The lowest BCUT2D eigenvalue weighted by Gasteiger charge is -2.31. The normalized spacial score (nSPS) is 15.4. The number of carbonyl (C=O) groups is 2. The van der Waals surface area contributed by atoms with Crippen molar-refractivity contribution in [2.75, 3.05) is 18.4 Å². The fraction of sp³-hybridized carbons (Fsp3) is 0.375. The highest BCUT2D eigenvalue weighted by atomic mass is 16.5. The van der Waals surface area contributed by atoms with Crippen LogP contribution in [-0.2, 0) is 10.2 Å². The van der Waals surface area contributed by atoms with E-state index < -0.39 is 0 Å². The van der Waals surface area contributed by atoms with Crippen LogP contribution in [0.3, 0.4) is 0 Å². The second-order valence-corrected chi connectivity index (χ2v) is 8.91. The van der Waals surface area contributed by atoms with E-state index in [1.165, 1.54) is 0 Å². The summed E-state index contributed by atoms with van der Waals surface area (Å²) in [5, 5.41) is 8.83. The van der Waals surface area contributed by atoms with Crippen molar-refractivity contribution in [3.05, 3.63) is 59.9 Å². The Hall–Kier alpha value is -3.15. The third-order valence-corrected chi connectivity index (χ3v) is 5.67. The number of nitrogens with zero attached hydrogens (tertiary/aromatic N) is 2. The number of hydrogen-bond donors (Lipinski definition) is 1. The summed E-state index contributed by atoms with van der Waals surface area (Å²) in [6.45, 7) is 7.21. The lowest BCUT2D eigenvalue weighted by Crippen LogP contribution is -2.41. The summed E-state index contributed by atoms with van der Waals surface area (Å²) >= 11 is 0. The van der Waals surface area contributed by atoms with Crippen molar-refractivity contribution < 1.29 is 14.1 Å². The van der Waals surface area contributed by atoms with Crippen molar-refractivity contribution in [3.8, 4) is 0 Å². The molecule has 156 valence electrons. The van der Waals surface area contributed by atoms with Gasteiger partial charge in [-0.3, -0.25) is 9.59 Å². The Balaban J connectivity index is 1.38. The van der Waals surface area contributed by atoms with Crippen molar-refractivity contribution in [1.82, 2.24) is 10.1 Å². The van der Waals surface area contributed by atoms with Gasteiger partial charge in [-0.1, -0.05) is 62.3 Å². The molecular weight excluding hydrogens is 378 g/mol. The average molecular weight is 405 g/mol. The number of fused-ring (bicyclic) bond motifs is 1. The Labute approximate surface area is 176 Å². The molecule has 0 saturated carbocycles. The summed E-state index contributed by atoms with van der Waals surface area (Å²) in [5.41, 5.74) is 0.553. The minimum Gasteiger partial charge on any atom is -0.359 e. The SMILES string of the molecule is CC(C)(C)c1cc(NC(=O)C2CCN(C(=O)c3cccc4ccccc34)CC2)no1. The molecule has 3 aromatic rings. The zero-order valence-electron chi connectivity index (χ0n) is 17.6. The largest absolute Gasteiger partial charge is 0.359 e. The van der Waals surface area contributed by atoms with Crippen molar-refractivity contribution in [3.63, 3.8) is 0 Å². The van der Waals surface area contributed by atoms with Crippen LogP contribution in [0.25, 0.3) is 10.8 Å². The minimum atomic E-state index is -0.163. The molecule has 2 heterocycles. The minimum absolute atomic E-state index is 0.0250. The Morgan fingerprint density at radius 1 is 1.07 bits per heavy atom. The van der Waals surface area contributed by atoms with E-state index in [2.05, 4.69) is 10.5 Å². The van der Waals surface area contributed by atoms with Gasteiger partial charge in [-0.25, -0.2) is 0 Å². The van der Waals surface area contributed by atoms with E-state index in [9.17, 15) is 9.59 Å². The molecule has 0 unspecified atom stereocenters. The molecule has 1 aliphatic heterocycles. The number of amides is 2. The number of hydrogen-bond acceptors (Lipinski definition) is 4. The first-order valence-corrected chi connectivity index (χ1v) is 10.4. The van der Waals surface area contributed by atoms with Gasteiger partial charge in [0.1, 0.15) is 5.76 Å². The van der Waals surface area contributed by atoms with Gasteiger partial charge in [-0.05, 0) is 29.7 Å². The van der Waals surface area contributed by atoms with Gasteiger partial charge in [-0.2, -0.15) is 0 Å². The van der Waals surface area contributed by atoms with Crippen LogP contribution in [0.15, 0.2) is 53.1 Å². The number of benzene rings is 2. The molecule has 1 saturated heterocycles. The van der Waals surface area contributed by atoms with Gasteiger partial charge in [0.2, 0.25) is 5.91 Å². The van der Waals surface area contributed by atoms with Gasteiger partial charge in [0, 0.05) is 36.1 Å². The molecule has 0 aliphatic carbocycles. The molecule has 0 spiro atoms. The Morgan fingerprint density at radius 2 is 1.77 bits per heavy atom. The maximum Gasteiger partial charge on any atom is 0.254 e. The average Bonchev–Trinajstić information content (AvgIpc) is 3.22. The number of carbonyl (C=O) groups excluding carboxylic acids is 2. The third-order valence-electron chi connectivity index (χ3n) is 5.67. The van der Waals surface area contributed by atoms with Gasteiger partial charge in [0.05, 0.1) is 0 Å². The zero-order chi connectivity index (χ0) is 21.3. The van der Waals surface area contributed by atoms with E-state index in [-0.39, 0.29) is 23.1 Å². The number of likely N-dealkylation sites (tertiary alicyclic amines) is 1. The van der Waals surface area contributed by atoms with Crippen LogP contribution in [0.2, 0.25) is 0 Å². The van der Waals surface area contributed by atoms with Gasteiger partial charge in [0.15, 0.2) is 5.82 Å². The molecular formula is C24H27N3O3. The molecule has 1 N–H and O–H groups in total. The molecule has 6 nitrogen and oxygen atoms in total. The predicted octanol–water partition coefficient (Wildman–Crippen LogP) is 4.62. The first-order valence-electron chi connectivity index (χ1n) is 10.4. The molecule has 1 aromatic heterocycles. The van der Waals surface area contributed by atoms with Crippen LogP contribution >= 0.6 is 0 Å². The first-order chi connectivity index (χ1) is 14.3. The summed E-state index contributed by atoms with van der Waals surface area (Å²) in [7, 11) is 0. The van der Waals surface area contributed by atoms with Crippen molar-refractivity contribution >= 4 is 28.4 Å². The number of anilines is 1. The summed E-state index contributed by atoms with van der Waals surface area (Å²) < 4.78 is 5.33. The van der Waals surface area contributed by atoms with E-state index in [4.69, 9.17) is 4.52 Å². The number of rotatable bonds is 3. The van der Waals surface area contributed by atoms with Crippen molar-refractivity contribution in [1.29, 1.82) is 0 Å². The summed E-state index contributed by atoms with van der Waals surface area (Å²) in [6, 6.07) is 15.5. The molecule has 6 heteroatoms. The van der Waals surface area contributed by atoms with Crippen LogP contribution < -0.4 is 5.32 Å². The van der Waals surface area contributed by atoms with Gasteiger partial charge in [0.25, 0.3) is 5.91 Å². The van der Waals surface area contributed by atoms with Crippen molar-refractivity contribution in [2.24, 2.45) is 5.92 Å². The molecule has 1 fully saturated rings. The molecule has 30 heavy (non-hydrogen) atoms. The molecule has 2 aromatic carbocycles. The second-order valence-electron chi connectivity index (χ2n) is 8.91. The smallest absolute Gasteiger partial charge is 0.254 e. The number of aromatic nitrogens is 1. The second kappa shape index (κ2) is 7.94. The number of piperidine rings is 1. The molecule has 4 rings (SSSR count). The maximum atomic E-state index is 13.1. The summed E-state index contributed by atoms with van der Waals surface area (Å²) in [4.78, 5) is 27.6. The highest BCUT2D eigenvalue weighted by molar-refractivity contribution is 6.07. The first kappa shape index (κ1) is 20.1. The van der Waals surface area contributed by atoms with Gasteiger partial charge < -0.3 is 14.7 Å². The lowest BCUT2D eigenvalue weighted by atomic mass is 9.93. The molecule has 0 bridgehead atoms. The number of nitrogens with one attached hydrogen (secondary N) is 1. The van der Waals surface area contributed by atoms with Crippen LogP contribution in [0.1, 0.15) is 49.7 Å². The summed E-state index contributed by atoms with van der Waals surface area (Å²) in [6.07, 6.45) is 1.26. The maximum absolute atomic E-state index is 13.1. The fourth-order valence-electron chi connectivity index (χ4n) is 3.84. The van der Waals surface area contributed by atoms with Gasteiger partial charge in [-0.15, -0.1) is 0 Å². The van der Waals surface area contributed by atoms with Crippen LogP contribution in [-0.4, -0.2) is 35.0 Å². The van der Waals surface area contributed by atoms with Crippen LogP contribution in [0.5, 0.6) is 0 Å². The molecule has 0 radical (unpaired) electrons. The standard InChI is InChI=1S/C24H27N3O3/c1-24(2,3)20-15-21(26-30-20)25-22(28)17-11-13-27(14-12-17)23(29)19-10-6-8-16-7-4-5-9-18(16)19/h4-10,15,17H,11-14H2,1-3H3,(H,25,26,28). The molecule has 0 atom stereocenters. The molecule has 2 amide bonds. The fourth-order valence-corrected chi connectivity index (χ4v) is 3.84. The van der Waals surface area contributed by atoms with Gasteiger partial charge >= 0.3 is 0 Å². The Morgan fingerprint density at radius 3 is 2.47 bits per heavy atom.